The minimum atomic E-state index is -3.68. The van der Waals surface area contributed by atoms with Crippen molar-refractivity contribution in [2.24, 2.45) is 5.14 Å². The summed E-state index contributed by atoms with van der Waals surface area (Å²) in [5.41, 5.74) is 1.97. The summed E-state index contributed by atoms with van der Waals surface area (Å²) in [5, 5.41) is 7.83. The number of hydrogen-bond acceptors (Lipinski definition) is 4. The Morgan fingerprint density at radius 3 is 2.44 bits per heavy atom. The predicted molar refractivity (Wildman–Crippen MR) is 95.8 cm³/mol. The lowest BCUT2D eigenvalue weighted by Gasteiger charge is -2.10. The maximum Gasteiger partial charge on any atom is 0.257 e. The molecule has 0 aromatic heterocycles. The molecule has 0 aliphatic rings. The Morgan fingerprint density at radius 1 is 1.12 bits per heavy atom. The van der Waals surface area contributed by atoms with Crippen LogP contribution in [0.3, 0.4) is 0 Å². The second kappa shape index (κ2) is 8.64. The highest BCUT2D eigenvalue weighted by Crippen LogP contribution is 2.17. The molecule has 1 amide bonds. The summed E-state index contributed by atoms with van der Waals surface area (Å²) in [6.45, 7) is 2.43. The van der Waals surface area contributed by atoms with E-state index in [0.29, 0.717) is 13.0 Å². The third kappa shape index (κ3) is 5.88. The fourth-order valence-electron chi connectivity index (χ4n) is 2.32. The number of benzene rings is 2. The third-order valence-corrected chi connectivity index (χ3v) is 4.63. The van der Waals surface area contributed by atoms with Gasteiger partial charge in [-0.1, -0.05) is 37.3 Å². The van der Waals surface area contributed by atoms with Crippen molar-refractivity contribution in [2.75, 3.05) is 13.2 Å². The Labute approximate surface area is 148 Å². The lowest BCUT2D eigenvalue weighted by molar-refractivity contribution is -0.123. The van der Waals surface area contributed by atoms with Gasteiger partial charge in [0.2, 0.25) is 10.0 Å². The standard InChI is InChI=1S/C18H22N2O4S/c1-2-15-5-3-4-6-17(15)24-13-18(21)20-12-11-14-7-9-16(10-8-14)25(19,22)23/h3-10H,2,11-13H2,1H3,(H,20,21)(H2,19,22,23). The topological polar surface area (TPSA) is 98.5 Å². The van der Waals surface area contributed by atoms with Gasteiger partial charge in [0, 0.05) is 6.54 Å². The van der Waals surface area contributed by atoms with E-state index < -0.39 is 10.0 Å². The van der Waals surface area contributed by atoms with Gasteiger partial charge in [0.15, 0.2) is 6.61 Å². The number of hydrogen-bond donors (Lipinski definition) is 2. The number of aryl methyl sites for hydroxylation is 1. The van der Waals surface area contributed by atoms with Crippen molar-refractivity contribution >= 4 is 15.9 Å². The molecule has 134 valence electrons. The van der Waals surface area contributed by atoms with E-state index in [1.54, 1.807) is 12.1 Å². The Kier molecular flexibility index (Phi) is 6.55. The average molecular weight is 362 g/mol. The number of sulfonamides is 1. The van der Waals surface area contributed by atoms with E-state index in [0.717, 1.165) is 23.3 Å². The van der Waals surface area contributed by atoms with Crippen molar-refractivity contribution in [1.29, 1.82) is 0 Å². The molecule has 0 radical (unpaired) electrons. The van der Waals surface area contributed by atoms with Gasteiger partial charge < -0.3 is 10.1 Å². The van der Waals surface area contributed by atoms with Crippen LogP contribution in [0.5, 0.6) is 5.75 Å². The first-order valence-electron chi connectivity index (χ1n) is 7.99. The number of primary sulfonamides is 1. The molecule has 0 saturated heterocycles. The van der Waals surface area contributed by atoms with E-state index in [4.69, 9.17) is 9.88 Å². The average Bonchev–Trinajstić information content (AvgIpc) is 2.60. The van der Waals surface area contributed by atoms with Crippen molar-refractivity contribution in [3.8, 4) is 5.75 Å². The summed E-state index contributed by atoms with van der Waals surface area (Å²) in [6, 6.07) is 13.9. The molecule has 0 saturated carbocycles. The van der Waals surface area contributed by atoms with E-state index in [2.05, 4.69) is 5.32 Å². The van der Waals surface area contributed by atoms with Gasteiger partial charge in [0.25, 0.3) is 5.91 Å². The minimum Gasteiger partial charge on any atom is -0.483 e. The minimum absolute atomic E-state index is 0.0403. The van der Waals surface area contributed by atoms with Crippen LogP contribution in [0.2, 0.25) is 0 Å². The Hall–Kier alpha value is -2.38. The van der Waals surface area contributed by atoms with Gasteiger partial charge in [-0.15, -0.1) is 0 Å². The van der Waals surface area contributed by atoms with Gasteiger partial charge in [-0.3, -0.25) is 4.79 Å². The van der Waals surface area contributed by atoms with E-state index in [1.165, 1.54) is 12.1 Å². The predicted octanol–water partition coefficient (Wildman–Crippen LogP) is 1.63. The number of para-hydroxylation sites is 1. The van der Waals surface area contributed by atoms with Crippen LogP contribution in [0.15, 0.2) is 53.4 Å². The van der Waals surface area contributed by atoms with E-state index >= 15 is 0 Å². The molecule has 3 N–H and O–H groups in total. The molecule has 2 aromatic carbocycles. The highest BCUT2D eigenvalue weighted by molar-refractivity contribution is 7.89. The molecule has 2 aromatic rings. The van der Waals surface area contributed by atoms with Crippen LogP contribution in [-0.4, -0.2) is 27.5 Å². The second-order valence-corrected chi connectivity index (χ2v) is 7.10. The van der Waals surface area contributed by atoms with Crippen LogP contribution in [-0.2, 0) is 27.7 Å². The fourth-order valence-corrected chi connectivity index (χ4v) is 2.84. The van der Waals surface area contributed by atoms with Crippen LogP contribution in [0.1, 0.15) is 18.1 Å². The molecule has 2 rings (SSSR count). The van der Waals surface area contributed by atoms with E-state index in [1.807, 2.05) is 31.2 Å². The zero-order valence-corrected chi connectivity index (χ0v) is 14.9. The van der Waals surface area contributed by atoms with Crippen molar-refractivity contribution in [3.63, 3.8) is 0 Å². The van der Waals surface area contributed by atoms with E-state index in [-0.39, 0.29) is 17.4 Å². The molecule has 25 heavy (non-hydrogen) atoms. The first-order valence-corrected chi connectivity index (χ1v) is 9.54. The normalized spacial score (nSPS) is 11.1. The van der Waals surface area contributed by atoms with E-state index in [9.17, 15) is 13.2 Å². The number of amides is 1. The summed E-state index contributed by atoms with van der Waals surface area (Å²) in [7, 11) is -3.68. The maximum atomic E-state index is 11.9. The molecule has 0 bridgehead atoms. The fraction of sp³-hybridized carbons (Fsp3) is 0.278. The number of ether oxygens (including phenoxy) is 1. The van der Waals surface area contributed by atoms with Crippen molar-refractivity contribution in [3.05, 3.63) is 59.7 Å². The highest BCUT2D eigenvalue weighted by atomic mass is 32.2. The molecule has 0 fully saturated rings. The van der Waals surface area contributed by atoms with Crippen LogP contribution in [0.25, 0.3) is 0 Å². The zero-order chi connectivity index (χ0) is 18.3. The van der Waals surface area contributed by atoms with Gasteiger partial charge in [-0.25, -0.2) is 13.6 Å². The third-order valence-electron chi connectivity index (χ3n) is 3.70. The molecule has 7 heteroatoms. The van der Waals surface area contributed by atoms with Crippen molar-refractivity contribution < 1.29 is 17.9 Å². The molecular formula is C18H22N2O4S. The number of carbonyl (C=O) groups excluding carboxylic acids is 1. The van der Waals surface area contributed by atoms with Gasteiger partial charge in [0.05, 0.1) is 4.90 Å². The molecule has 6 nitrogen and oxygen atoms in total. The largest absolute Gasteiger partial charge is 0.483 e. The lowest BCUT2D eigenvalue weighted by atomic mass is 10.1. The molecular weight excluding hydrogens is 340 g/mol. The first-order chi connectivity index (χ1) is 11.9. The smallest absolute Gasteiger partial charge is 0.257 e. The Morgan fingerprint density at radius 2 is 1.80 bits per heavy atom. The molecule has 0 atom stereocenters. The Bertz CT molecular complexity index is 817. The summed E-state index contributed by atoms with van der Waals surface area (Å²) < 4.78 is 27.9. The number of nitrogens with two attached hydrogens (primary N) is 1. The van der Waals surface area contributed by atoms with Crippen LogP contribution >= 0.6 is 0 Å². The Balaban J connectivity index is 1.77. The number of rotatable bonds is 8. The molecule has 0 unspecified atom stereocenters. The SMILES string of the molecule is CCc1ccccc1OCC(=O)NCCc1ccc(S(N)(=O)=O)cc1. The first kappa shape index (κ1) is 19.0. The molecule has 0 heterocycles. The number of carbonyl (C=O) groups is 1. The van der Waals surface area contributed by atoms with Crippen LogP contribution in [0.4, 0.5) is 0 Å². The summed E-state index contributed by atoms with van der Waals surface area (Å²) in [5.74, 6) is 0.519. The summed E-state index contributed by atoms with van der Waals surface area (Å²) in [4.78, 5) is 11.9. The second-order valence-electron chi connectivity index (χ2n) is 5.54. The molecule has 0 aliphatic carbocycles. The molecule has 0 spiro atoms. The number of nitrogens with one attached hydrogen (secondary N) is 1. The zero-order valence-electron chi connectivity index (χ0n) is 14.1. The van der Waals surface area contributed by atoms with Crippen molar-refractivity contribution in [1.82, 2.24) is 5.32 Å². The van der Waals surface area contributed by atoms with Gasteiger partial charge in [0.1, 0.15) is 5.75 Å². The monoisotopic (exact) mass is 362 g/mol. The van der Waals surface area contributed by atoms with Gasteiger partial charge in [-0.05, 0) is 42.2 Å². The van der Waals surface area contributed by atoms with Crippen LogP contribution in [0, 0.1) is 0 Å². The maximum absolute atomic E-state index is 11.9. The molecule has 0 aliphatic heterocycles. The lowest BCUT2D eigenvalue weighted by Crippen LogP contribution is -2.30. The van der Waals surface area contributed by atoms with Gasteiger partial charge >= 0.3 is 0 Å². The van der Waals surface area contributed by atoms with Crippen molar-refractivity contribution in [2.45, 2.75) is 24.7 Å². The summed E-state index contributed by atoms with van der Waals surface area (Å²) >= 11 is 0. The van der Waals surface area contributed by atoms with Crippen LogP contribution < -0.4 is 15.2 Å². The highest BCUT2D eigenvalue weighted by Gasteiger charge is 2.08. The summed E-state index contributed by atoms with van der Waals surface area (Å²) in [6.07, 6.45) is 1.43. The van der Waals surface area contributed by atoms with Gasteiger partial charge in [-0.2, -0.15) is 0 Å². The quantitative estimate of drug-likeness (QED) is 0.746.